The van der Waals surface area contributed by atoms with Gasteiger partial charge in [-0.3, -0.25) is 0 Å². The number of nitrogen functional groups attached to an aromatic ring is 1. The average molecular weight is 343 g/mol. The topological polar surface area (TPSA) is 128 Å². The summed E-state index contributed by atoms with van der Waals surface area (Å²) in [4.78, 5) is 14.2. The summed E-state index contributed by atoms with van der Waals surface area (Å²) in [5.74, 6) is 1.41. The summed E-state index contributed by atoms with van der Waals surface area (Å²) < 4.78 is 0. The molecule has 8 nitrogen and oxygen atoms in total. The van der Waals surface area contributed by atoms with Gasteiger partial charge in [0.25, 0.3) is 0 Å². The number of anilines is 4. The van der Waals surface area contributed by atoms with Crippen LogP contribution in [0.2, 0.25) is 5.02 Å². The molecule has 122 valence electrons. The maximum absolute atomic E-state index is 8.79. The SMILES string of the molecule is N#CCCN(CCC#N)c1ncnc(Nc2ccc(Cl)cn2)c1N. The zero-order chi connectivity index (χ0) is 17.4. The van der Waals surface area contributed by atoms with Gasteiger partial charge in [-0.2, -0.15) is 10.5 Å². The Balaban J connectivity index is 2.25. The van der Waals surface area contributed by atoms with Crippen LogP contribution in [-0.4, -0.2) is 28.0 Å². The number of hydrogen-bond acceptors (Lipinski definition) is 8. The minimum atomic E-state index is 0.302. The van der Waals surface area contributed by atoms with Gasteiger partial charge in [-0.1, -0.05) is 11.6 Å². The molecular formula is C15H15ClN8. The quantitative estimate of drug-likeness (QED) is 0.785. The van der Waals surface area contributed by atoms with Crippen molar-refractivity contribution in [2.45, 2.75) is 12.8 Å². The van der Waals surface area contributed by atoms with Crippen LogP contribution < -0.4 is 16.0 Å². The number of aromatic nitrogens is 3. The summed E-state index contributed by atoms with van der Waals surface area (Å²) >= 11 is 5.81. The number of nitrogens with zero attached hydrogens (tertiary/aromatic N) is 6. The Labute approximate surface area is 144 Å². The Morgan fingerprint density at radius 2 is 1.83 bits per heavy atom. The normalized spacial score (nSPS) is 9.79. The van der Waals surface area contributed by atoms with Crippen molar-refractivity contribution in [1.29, 1.82) is 10.5 Å². The molecule has 24 heavy (non-hydrogen) atoms. The monoisotopic (exact) mass is 342 g/mol. The van der Waals surface area contributed by atoms with Gasteiger partial charge in [0.05, 0.1) is 30.0 Å². The van der Waals surface area contributed by atoms with Gasteiger partial charge in [-0.25, -0.2) is 15.0 Å². The van der Waals surface area contributed by atoms with Crippen molar-refractivity contribution in [2.24, 2.45) is 0 Å². The number of halogens is 1. The lowest BCUT2D eigenvalue weighted by molar-refractivity contribution is 0.782. The van der Waals surface area contributed by atoms with Crippen LogP contribution in [0.5, 0.6) is 0 Å². The molecule has 0 spiro atoms. The van der Waals surface area contributed by atoms with Crippen molar-refractivity contribution in [2.75, 3.05) is 29.0 Å². The lowest BCUT2D eigenvalue weighted by Crippen LogP contribution is -2.27. The van der Waals surface area contributed by atoms with Crippen LogP contribution in [-0.2, 0) is 0 Å². The lowest BCUT2D eigenvalue weighted by Gasteiger charge is -2.23. The first-order valence-electron chi connectivity index (χ1n) is 7.13. The number of hydrogen-bond donors (Lipinski definition) is 2. The molecule has 2 rings (SSSR count). The fourth-order valence-corrected chi connectivity index (χ4v) is 2.11. The molecular weight excluding hydrogens is 328 g/mol. The molecule has 2 aromatic rings. The van der Waals surface area contributed by atoms with Crippen LogP contribution in [0.4, 0.5) is 23.1 Å². The van der Waals surface area contributed by atoms with Crippen molar-refractivity contribution in [3.05, 3.63) is 29.7 Å². The van der Waals surface area contributed by atoms with E-state index < -0.39 is 0 Å². The second kappa shape index (κ2) is 8.51. The predicted octanol–water partition coefficient (Wildman–Crippen LogP) is 2.48. The van der Waals surface area contributed by atoms with Crippen LogP contribution >= 0.6 is 11.6 Å². The second-order valence-electron chi connectivity index (χ2n) is 4.75. The molecule has 0 radical (unpaired) electrons. The lowest BCUT2D eigenvalue weighted by atomic mass is 10.3. The molecule has 2 aromatic heterocycles. The Morgan fingerprint density at radius 1 is 1.12 bits per heavy atom. The number of pyridine rings is 1. The third kappa shape index (κ3) is 4.45. The largest absolute Gasteiger partial charge is 0.393 e. The first-order chi connectivity index (χ1) is 11.7. The number of nitrogens with two attached hydrogens (primary N) is 1. The van der Waals surface area contributed by atoms with E-state index in [2.05, 4.69) is 32.4 Å². The van der Waals surface area contributed by atoms with Crippen molar-refractivity contribution in [3.63, 3.8) is 0 Å². The summed E-state index contributed by atoms with van der Waals surface area (Å²) in [5, 5.41) is 21.1. The fourth-order valence-electron chi connectivity index (χ4n) is 2.00. The van der Waals surface area contributed by atoms with Gasteiger partial charge >= 0.3 is 0 Å². The molecule has 3 N–H and O–H groups in total. The van der Waals surface area contributed by atoms with E-state index >= 15 is 0 Å². The van der Waals surface area contributed by atoms with Crippen LogP contribution in [0, 0.1) is 22.7 Å². The van der Waals surface area contributed by atoms with E-state index in [9.17, 15) is 0 Å². The standard InChI is InChI=1S/C15H15ClN8/c16-11-3-4-12(20-9-11)23-14-13(19)15(22-10-21-14)24(7-1-5-17)8-2-6-18/h3-4,9-10H,1-2,7-8,19H2,(H,20,21,22,23). The number of rotatable bonds is 7. The molecule has 0 aliphatic heterocycles. The van der Waals surface area contributed by atoms with E-state index in [0.29, 0.717) is 54.1 Å². The molecule has 0 unspecified atom stereocenters. The van der Waals surface area contributed by atoms with E-state index in [4.69, 9.17) is 27.9 Å². The molecule has 0 aliphatic carbocycles. The molecule has 9 heteroatoms. The molecule has 0 aromatic carbocycles. The molecule has 0 fully saturated rings. The molecule has 0 amide bonds. The van der Waals surface area contributed by atoms with Gasteiger partial charge in [-0.15, -0.1) is 0 Å². The van der Waals surface area contributed by atoms with Crippen molar-refractivity contribution in [3.8, 4) is 12.1 Å². The van der Waals surface area contributed by atoms with E-state index in [1.165, 1.54) is 12.5 Å². The number of nitriles is 2. The summed E-state index contributed by atoms with van der Waals surface area (Å²) in [5.41, 5.74) is 6.48. The van der Waals surface area contributed by atoms with Crippen molar-refractivity contribution < 1.29 is 0 Å². The summed E-state index contributed by atoms with van der Waals surface area (Å²) in [6.45, 7) is 0.857. The third-order valence-electron chi connectivity index (χ3n) is 3.12. The first kappa shape index (κ1) is 17.3. The summed E-state index contributed by atoms with van der Waals surface area (Å²) in [6.07, 6.45) is 3.48. The van der Waals surface area contributed by atoms with Crippen LogP contribution in [0.1, 0.15) is 12.8 Å². The molecule has 2 heterocycles. The molecule has 0 atom stereocenters. The van der Waals surface area contributed by atoms with E-state index in [-0.39, 0.29) is 0 Å². The van der Waals surface area contributed by atoms with E-state index in [0.717, 1.165) is 0 Å². The zero-order valence-electron chi connectivity index (χ0n) is 12.8. The second-order valence-corrected chi connectivity index (χ2v) is 5.19. The van der Waals surface area contributed by atoms with Crippen molar-refractivity contribution in [1.82, 2.24) is 15.0 Å². The molecule has 0 saturated carbocycles. The Hall–Kier alpha value is -3.10. The van der Waals surface area contributed by atoms with E-state index in [1.54, 1.807) is 17.0 Å². The van der Waals surface area contributed by atoms with Crippen LogP contribution in [0.3, 0.4) is 0 Å². The van der Waals surface area contributed by atoms with Gasteiger partial charge < -0.3 is 16.0 Å². The molecule has 0 aliphatic rings. The van der Waals surface area contributed by atoms with Gasteiger partial charge in [0.1, 0.15) is 17.8 Å². The third-order valence-corrected chi connectivity index (χ3v) is 3.35. The van der Waals surface area contributed by atoms with Gasteiger partial charge in [0, 0.05) is 19.3 Å². The Morgan fingerprint density at radius 3 is 2.42 bits per heavy atom. The minimum absolute atomic E-state index is 0.302. The summed E-state index contributed by atoms with van der Waals surface area (Å²) in [6, 6.07) is 7.55. The highest BCUT2D eigenvalue weighted by Gasteiger charge is 2.15. The van der Waals surface area contributed by atoms with Crippen LogP contribution in [0.25, 0.3) is 0 Å². The maximum atomic E-state index is 8.79. The minimum Gasteiger partial charge on any atom is -0.393 e. The zero-order valence-corrected chi connectivity index (χ0v) is 13.5. The highest BCUT2D eigenvalue weighted by molar-refractivity contribution is 6.30. The summed E-state index contributed by atoms with van der Waals surface area (Å²) in [7, 11) is 0. The predicted molar refractivity (Wildman–Crippen MR) is 91.6 cm³/mol. The Bertz CT molecular complexity index is 745. The van der Waals surface area contributed by atoms with Crippen molar-refractivity contribution >= 4 is 34.7 Å². The highest BCUT2D eigenvalue weighted by atomic mass is 35.5. The maximum Gasteiger partial charge on any atom is 0.160 e. The van der Waals surface area contributed by atoms with Gasteiger partial charge in [0.15, 0.2) is 11.6 Å². The average Bonchev–Trinajstić information content (AvgIpc) is 2.59. The molecule has 0 saturated heterocycles. The van der Waals surface area contributed by atoms with Crippen LogP contribution in [0.15, 0.2) is 24.7 Å². The van der Waals surface area contributed by atoms with Gasteiger partial charge in [-0.05, 0) is 12.1 Å². The smallest absolute Gasteiger partial charge is 0.160 e. The fraction of sp³-hybridized carbons (Fsp3) is 0.267. The Kier molecular flexibility index (Phi) is 6.12. The highest BCUT2D eigenvalue weighted by Crippen LogP contribution is 2.28. The molecule has 0 bridgehead atoms. The first-order valence-corrected chi connectivity index (χ1v) is 7.51. The van der Waals surface area contributed by atoms with E-state index in [1.807, 2.05) is 0 Å². The number of nitrogens with one attached hydrogen (secondary N) is 1. The van der Waals surface area contributed by atoms with Gasteiger partial charge in [0.2, 0.25) is 0 Å².